The molecule has 1 heterocycles. The van der Waals surface area contributed by atoms with Gasteiger partial charge in [0.25, 0.3) is 5.56 Å². The van der Waals surface area contributed by atoms with E-state index in [1.165, 1.54) is 6.07 Å². The van der Waals surface area contributed by atoms with Crippen molar-refractivity contribution in [3.8, 4) is 0 Å². The lowest BCUT2D eigenvalue weighted by Crippen LogP contribution is -2.09. The number of carbonyl (C=O) groups is 1. The number of hydrogen-bond donors (Lipinski definition) is 2. The smallest absolute Gasteiger partial charge is 0.335 e. The van der Waals surface area contributed by atoms with Crippen LogP contribution in [0.2, 0.25) is 0 Å². The lowest BCUT2D eigenvalue weighted by Gasteiger charge is -2.09. The standard InChI is InChI=1S/C13H13NO3/c1-7(2)11-6-14-12(15)9-4-3-8(13(16)17)5-10(9)11/h3-7H,1-2H3,(H,14,15)(H,16,17). The maximum atomic E-state index is 11.6. The molecule has 17 heavy (non-hydrogen) atoms. The molecular weight excluding hydrogens is 218 g/mol. The number of H-pyrrole nitrogens is 1. The van der Waals surface area contributed by atoms with Crippen molar-refractivity contribution in [1.29, 1.82) is 0 Å². The number of nitrogens with one attached hydrogen (secondary N) is 1. The van der Waals surface area contributed by atoms with Crippen molar-refractivity contribution >= 4 is 16.7 Å². The first-order valence-electron chi connectivity index (χ1n) is 5.39. The first-order chi connectivity index (χ1) is 8.00. The summed E-state index contributed by atoms with van der Waals surface area (Å²) in [5.41, 5.74) is 0.953. The Hall–Kier alpha value is -2.10. The Balaban J connectivity index is 2.85. The fourth-order valence-electron chi connectivity index (χ4n) is 1.89. The number of aromatic amines is 1. The second kappa shape index (κ2) is 4.05. The lowest BCUT2D eigenvalue weighted by atomic mass is 9.97. The van der Waals surface area contributed by atoms with Crippen LogP contribution in [0.4, 0.5) is 0 Å². The van der Waals surface area contributed by atoms with Gasteiger partial charge in [-0.15, -0.1) is 0 Å². The third-order valence-corrected chi connectivity index (χ3v) is 2.80. The molecule has 1 aromatic carbocycles. The summed E-state index contributed by atoms with van der Waals surface area (Å²) in [6.07, 6.45) is 1.65. The molecule has 0 unspecified atom stereocenters. The normalized spacial score (nSPS) is 11.0. The van der Waals surface area contributed by atoms with Gasteiger partial charge in [0.15, 0.2) is 0 Å². The number of carboxylic acid groups (broad SMARTS) is 1. The predicted octanol–water partition coefficient (Wildman–Crippen LogP) is 2.35. The maximum absolute atomic E-state index is 11.6. The molecule has 0 amide bonds. The van der Waals surface area contributed by atoms with Crippen LogP contribution >= 0.6 is 0 Å². The number of hydrogen-bond acceptors (Lipinski definition) is 2. The first kappa shape index (κ1) is 11.4. The average Bonchev–Trinajstić information content (AvgIpc) is 2.28. The minimum atomic E-state index is -0.984. The molecule has 0 fully saturated rings. The molecule has 2 rings (SSSR count). The summed E-state index contributed by atoms with van der Waals surface area (Å²) >= 11 is 0. The largest absolute Gasteiger partial charge is 0.478 e. The molecule has 88 valence electrons. The molecule has 2 N–H and O–H groups in total. The van der Waals surface area contributed by atoms with Gasteiger partial charge in [-0.25, -0.2) is 4.79 Å². The van der Waals surface area contributed by atoms with E-state index in [-0.39, 0.29) is 17.0 Å². The van der Waals surface area contributed by atoms with Crippen molar-refractivity contribution in [2.24, 2.45) is 0 Å². The van der Waals surface area contributed by atoms with Crippen molar-refractivity contribution in [2.75, 3.05) is 0 Å². The van der Waals surface area contributed by atoms with E-state index in [0.29, 0.717) is 10.8 Å². The van der Waals surface area contributed by atoms with E-state index in [0.717, 1.165) is 5.56 Å². The van der Waals surface area contributed by atoms with Crippen LogP contribution in [-0.2, 0) is 0 Å². The minimum Gasteiger partial charge on any atom is -0.478 e. The van der Waals surface area contributed by atoms with E-state index in [4.69, 9.17) is 5.11 Å². The van der Waals surface area contributed by atoms with Crippen LogP contribution in [0.1, 0.15) is 35.7 Å². The quantitative estimate of drug-likeness (QED) is 0.833. The van der Waals surface area contributed by atoms with Gasteiger partial charge in [-0.3, -0.25) is 4.79 Å². The molecule has 0 bridgehead atoms. The fraction of sp³-hybridized carbons (Fsp3) is 0.231. The Bertz CT molecular complexity index is 641. The Morgan fingerprint density at radius 2 is 2.00 bits per heavy atom. The van der Waals surface area contributed by atoms with Gasteiger partial charge in [0.1, 0.15) is 0 Å². The summed E-state index contributed by atoms with van der Waals surface area (Å²) in [4.78, 5) is 25.2. The summed E-state index contributed by atoms with van der Waals surface area (Å²) in [6.45, 7) is 4.00. The van der Waals surface area contributed by atoms with Crippen LogP contribution in [0, 0.1) is 0 Å². The molecule has 1 aromatic heterocycles. The van der Waals surface area contributed by atoms with Crippen LogP contribution in [0.25, 0.3) is 10.8 Å². The zero-order valence-corrected chi connectivity index (χ0v) is 9.65. The number of benzene rings is 1. The Morgan fingerprint density at radius 3 is 2.59 bits per heavy atom. The summed E-state index contributed by atoms with van der Waals surface area (Å²) < 4.78 is 0. The molecule has 4 heteroatoms. The molecule has 0 aliphatic carbocycles. The first-order valence-corrected chi connectivity index (χ1v) is 5.39. The molecular formula is C13H13NO3. The molecule has 0 radical (unpaired) electrons. The van der Waals surface area contributed by atoms with Crippen molar-refractivity contribution in [3.63, 3.8) is 0 Å². The van der Waals surface area contributed by atoms with Crippen LogP contribution in [0.5, 0.6) is 0 Å². The second-order valence-corrected chi connectivity index (χ2v) is 4.29. The summed E-state index contributed by atoms with van der Waals surface area (Å²) in [6, 6.07) is 4.57. The zero-order chi connectivity index (χ0) is 12.6. The molecule has 0 aliphatic rings. The molecule has 4 nitrogen and oxygen atoms in total. The van der Waals surface area contributed by atoms with E-state index in [9.17, 15) is 9.59 Å². The van der Waals surface area contributed by atoms with Crippen molar-refractivity contribution in [2.45, 2.75) is 19.8 Å². The number of rotatable bonds is 2. The van der Waals surface area contributed by atoms with Crippen molar-refractivity contribution < 1.29 is 9.90 Å². The van der Waals surface area contributed by atoms with E-state index in [1.807, 2.05) is 13.8 Å². The van der Waals surface area contributed by atoms with Crippen LogP contribution in [0.3, 0.4) is 0 Å². The van der Waals surface area contributed by atoms with Crippen molar-refractivity contribution in [1.82, 2.24) is 4.98 Å². The summed E-state index contributed by atoms with van der Waals surface area (Å²) in [5.74, 6) is -0.764. The van der Waals surface area contributed by atoms with Gasteiger partial charge in [0.05, 0.1) is 5.56 Å². The highest BCUT2D eigenvalue weighted by molar-refractivity contribution is 5.95. The minimum absolute atomic E-state index is 0.193. The van der Waals surface area contributed by atoms with Gasteiger partial charge in [0.2, 0.25) is 0 Å². The molecule has 0 spiro atoms. The van der Waals surface area contributed by atoms with Crippen LogP contribution in [-0.4, -0.2) is 16.1 Å². The van der Waals surface area contributed by atoms with Gasteiger partial charge in [0, 0.05) is 11.6 Å². The Kier molecular flexibility index (Phi) is 2.71. The molecule has 2 aromatic rings. The van der Waals surface area contributed by atoms with Gasteiger partial charge in [-0.1, -0.05) is 13.8 Å². The molecule has 0 saturated heterocycles. The van der Waals surface area contributed by atoms with Gasteiger partial charge in [-0.2, -0.15) is 0 Å². The second-order valence-electron chi connectivity index (χ2n) is 4.29. The predicted molar refractivity (Wildman–Crippen MR) is 65.6 cm³/mol. The third kappa shape index (κ3) is 1.93. The van der Waals surface area contributed by atoms with Crippen molar-refractivity contribution in [3.05, 3.63) is 45.9 Å². The zero-order valence-electron chi connectivity index (χ0n) is 9.65. The van der Waals surface area contributed by atoms with E-state index in [2.05, 4.69) is 4.98 Å². The highest BCUT2D eigenvalue weighted by atomic mass is 16.4. The number of pyridine rings is 1. The maximum Gasteiger partial charge on any atom is 0.335 e. The highest BCUT2D eigenvalue weighted by Crippen LogP contribution is 2.23. The van der Waals surface area contributed by atoms with Crippen LogP contribution < -0.4 is 5.56 Å². The van der Waals surface area contributed by atoms with E-state index >= 15 is 0 Å². The summed E-state index contributed by atoms with van der Waals surface area (Å²) in [5, 5.41) is 10.2. The molecule has 0 atom stereocenters. The summed E-state index contributed by atoms with van der Waals surface area (Å²) in [7, 11) is 0. The van der Waals surface area contributed by atoms with Gasteiger partial charge >= 0.3 is 5.97 Å². The third-order valence-electron chi connectivity index (χ3n) is 2.80. The monoisotopic (exact) mass is 231 g/mol. The van der Waals surface area contributed by atoms with E-state index < -0.39 is 5.97 Å². The Labute approximate surface area is 97.9 Å². The topological polar surface area (TPSA) is 70.2 Å². The fourth-order valence-corrected chi connectivity index (χ4v) is 1.89. The average molecular weight is 231 g/mol. The number of aromatic nitrogens is 1. The Morgan fingerprint density at radius 1 is 1.29 bits per heavy atom. The van der Waals surface area contributed by atoms with Gasteiger partial charge in [-0.05, 0) is 35.1 Å². The highest BCUT2D eigenvalue weighted by Gasteiger charge is 2.11. The number of aromatic carboxylic acids is 1. The number of carboxylic acids is 1. The van der Waals surface area contributed by atoms with E-state index in [1.54, 1.807) is 18.3 Å². The van der Waals surface area contributed by atoms with Crippen LogP contribution in [0.15, 0.2) is 29.2 Å². The molecule has 0 aliphatic heterocycles. The SMILES string of the molecule is CC(C)c1c[nH]c(=O)c2ccc(C(=O)O)cc12. The lowest BCUT2D eigenvalue weighted by molar-refractivity contribution is 0.0697. The van der Waals surface area contributed by atoms with Gasteiger partial charge < -0.3 is 10.1 Å². The molecule has 0 saturated carbocycles. The number of fused-ring (bicyclic) bond motifs is 1.